The third kappa shape index (κ3) is 3.93. The lowest BCUT2D eigenvalue weighted by Crippen LogP contribution is -2.29. The van der Waals surface area contributed by atoms with Gasteiger partial charge in [0.2, 0.25) is 0 Å². The van der Waals surface area contributed by atoms with Crippen molar-refractivity contribution in [3.63, 3.8) is 0 Å². The number of nitrogens with one attached hydrogen (secondary N) is 1. The van der Waals surface area contributed by atoms with E-state index in [1.807, 2.05) is 24.3 Å². The van der Waals surface area contributed by atoms with Crippen LogP contribution in [0.4, 0.5) is 0 Å². The second kappa shape index (κ2) is 6.53. The Kier molecular flexibility index (Phi) is 4.74. The predicted octanol–water partition coefficient (Wildman–Crippen LogP) is 3.07. The van der Waals surface area contributed by atoms with Gasteiger partial charge >= 0.3 is 5.97 Å². The molecule has 2 unspecified atom stereocenters. The summed E-state index contributed by atoms with van der Waals surface area (Å²) >= 11 is 0. The van der Waals surface area contributed by atoms with Crippen molar-refractivity contribution in [1.29, 1.82) is 0 Å². The summed E-state index contributed by atoms with van der Waals surface area (Å²) in [5.74, 6) is -1.22. The van der Waals surface area contributed by atoms with Crippen LogP contribution in [-0.4, -0.2) is 17.1 Å². The van der Waals surface area contributed by atoms with Crippen molar-refractivity contribution in [2.45, 2.75) is 44.7 Å². The Morgan fingerprint density at radius 1 is 1.37 bits per heavy atom. The summed E-state index contributed by atoms with van der Waals surface area (Å²) in [6.45, 7) is 2.56. The number of hydrogen-bond acceptors (Lipinski definition) is 2. The Hall–Kier alpha value is -1.61. The number of carboxylic acid groups (broad SMARTS) is 1. The highest BCUT2D eigenvalue weighted by atomic mass is 16.4. The minimum absolute atomic E-state index is 0.439. The normalized spacial score (nSPS) is 20.2. The van der Waals surface area contributed by atoms with Crippen LogP contribution in [0, 0.1) is 0 Å². The highest BCUT2D eigenvalue weighted by Crippen LogP contribution is 2.16. The Bertz CT molecular complexity index is 450. The van der Waals surface area contributed by atoms with Crippen LogP contribution < -0.4 is 5.32 Å². The fourth-order valence-corrected chi connectivity index (χ4v) is 2.31. The van der Waals surface area contributed by atoms with E-state index in [0.29, 0.717) is 6.04 Å². The molecule has 0 spiro atoms. The molecule has 1 aromatic carbocycles. The lowest BCUT2D eigenvalue weighted by Gasteiger charge is -2.19. The summed E-state index contributed by atoms with van der Waals surface area (Å²) in [5, 5.41) is 12.5. The highest BCUT2D eigenvalue weighted by Gasteiger charge is 2.13. The number of rotatable bonds is 5. The van der Waals surface area contributed by atoms with Gasteiger partial charge in [0, 0.05) is 12.6 Å². The van der Waals surface area contributed by atoms with Crippen molar-refractivity contribution < 1.29 is 9.90 Å². The van der Waals surface area contributed by atoms with Gasteiger partial charge in [-0.1, -0.05) is 36.4 Å². The van der Waals surface area contributed by atoms with Gasteiger partial charge in [-0.2, -0.15) is 0 Å². The van der Waals surface area contributed by atoms with Crippen LogP contribution in [0.15, 0.2) is 36.4 Å². The summed E-state index contributed by atoms with van der Waals surface area (Å²) in [6.07, 6.45) is 7.94. The van der Waals surface area contributed by atoms with Crippen molar-refractivity contribution in [2.75, 3.05) is 0 Å². The molecule has 0 fully saturated rings. The molecule has 2 atom stereocenters. The van der Waals surface area contributed by atoms with Crippen LogP contribution in [0.5, 0.6) is 0 Å². The van der Waals surface area contributed by atoms with Crippen LogP contribution in [0.1, 0.15) is 43.2 Å². The van der Waals surface area contributed by atoms with Gasteiger partial charge in [-0.25, -0.2) is 0 Å². The van der Waals surface area contributed by atoms with E-state index in [1.54, 1.807) is 6.92 Å². The van der Waals surface area contributed by atoms with E-state index >= 15 is 0 Å². The Morgan fingerprint density at radius 3 is 2.68 bits per heavy atom. The molecular weight excluding hydrogens is 238 g/mol. The van der Waals surface area contributed by atoms with Gasteiger partial charge in [0.1, 0.15) is 0 Å². The summed E-state index contributed by atoms with van der Waals surface area (Å²) in [5.41, 5.74) is 2.06. The Balaban J connectivity index is 1.88. The van der Waals surface area contributed by atoms with Gasteiger partial charge in [0.05, 0.1) is 5.92 Å². The van der Waals surface area contributed by atoms with Gasteiger partial charge in [0.25, 0.3) is 0 Å². The minimum atomic E-state index is -0.778. The van der Waals surface area contributed by atoms with E-state index < -0.39 is 11.9 Å². The summed E-state index contributed by atoms with van der Waals surface area (Å²) in [4.78, 5) is 10.9. The number of carbonyl (C=O) groups is 1. The fraction of sp³-hybridized carbons (Fsp3) is 0.438. The minimum Gasteiger partial charge on any atom is -0.481 e. The molecule has 1 aromatic rings. The number of aliphatic carboxylic acids is 1. The van der Waals surface area contributed by atoms with Gasteiger partial charge in [0.15, 0.2) is 0 Å². The van der Waals surface area contributed by atoms with Crippen molar-refractivity contribution in [3.05, 3.63) is 47.5 Å². The summed E-state index contributed by atoms with van der Waals surface area (Å²) in [6, 6.07) is 8.43. The zero-order valence-corrected chi connectivity index (χ0v) is 11.3. The molecule has 0 radical (unpaired) electrons. The lowest BCUT2D eigenvalue weighted by atomic mass is 9.99. The third-order valence-electron chi connectivity index (χ3n) is 3.71. The molecule has 0 saturated heterocycles. The van der Waals surface area contributed by atoms with Crippen LogP contribution in [-0.2, 0) is 11.3 Å². The Morgan fingerprint density at radius 2 is 2.11 bits per heavy atom. The van der Waals surface area contributed by atoms with E-state index in [1.165, 1.54) is 12.0 Å². The van der Waals surface area contributed by atoms with E-state index in [-0.39, 0.29) is 0 Å². The molecule has 0 saturated carbocycles. The molecule has 2 rings (SSSR count). The third-order valence-corrected chi connectivity index (χ3v) is 3.71. The molecule has 2 N–H and O–H groups in total. The molecule has 1 aliphatic carbocycles. The van der Waals surface area contributed by atoms with Gasteiger partial charge < -0.3 is 10.4 Å². The monoisotopic (exact) mass is 259 g/mol. The van der Waals surface area contributed by atoms with Crippen LogP contribution in [0.2, 0.25) is 0 Å². The first-order valence-electron chi connectivity index (χ1n) is 6.87. The van der Waals surface area contributed by atoms with Gasteiger partial charge in [-0.15, -0.1) is 0 Å². The fourth-order valence-electron chi connectivity index (χ4n) is 2.31. The highest BCUT2D eigenvalue weighted by molar-refractivity contribution is 5.75. The van der Waals surface area contributed by atoms with Crippen molar-refractivity contribution >= 4 is 5.97 Å². The standard InChI is InChI=1S/C16H21NO2/c1-12(16(18)19)14-9-7-13(8-10-14)11-17-15-5-3-2-4-6-15/h2-3,7-10,12,15,17H,4-6,11H2,1H3,(H,18,19). The second-order valence-electron chi connectivity index (χ2n) is 5.16. The van der Waals surface area contributed by atoms with Crippen molar-refractivity contribution in [1.82, 2.24) is 5.32 Å². The zero-order valence-electron chi connectivity index (χ0n) is 11.3. The summed E-state index contributed by atoms with van der Waals surface area (Å²) < 4.78 is 0. The van der Waals surface area contributed by atoms with Crippen molar-refractivity contribution in [3.8, 4) is 0 Å². The Labute approximate surface area is 114 Å². The molecule has 102 valence electrons. The smallest absolute Gasteiger partial charge is 0.310 e. The van der Waals surface area contributed by atoms with Crippen LogP contribution >= 0.6 is 0 Å². The maximum Gasteiger partial charge on any atom is 0.310 e. The molecule has 3 heteroatoms. The average Bonchev–Trinajstić information content (AvgIpc) is 2.46. The first-order valence-corrected chi connectivity index (χ1v) is 6.87. The topological polar surface area (TPSA) is 49.3 Å². The van der Waals surface area contributed by atoms with Crippen LogP contribution in [0.3, 0.4) is 0 Å². The number of carboxylic acids is 1. The zero-order chi connectivity index (χ0) is 13.7. The molecule has 0 heterocycles. The SMILES string of the molecule is CC(C(=O)O)c1ccc(CNC2CC=CCC2)cc1. The average molecular weight is 259 g/mol. The molecule has 0 bridgehead atoms. The number of hydrogen-bond donors (Lipinski definition) is 2. The number of allylic oxidation sites excluding steroid dienone is 1. The molecule has 1 aliphatic rings. The largest absolute Gasteiger partial charge is 0.481 e. The maximum absolute atomic E-state index is 10.9. The lowest BCUT2D eigenvalue weighted by molar-refractivity contribution is -0.138. The molecule has 19 heavy (non-hydrogen) atoms. The first-order chi connectivity index (χ1) is 9.16. The maximum atomic E-state index is 10.9. The molecule has 0 aliphatic heterocycles. The van der Waals surface area contributed by atoms with Gasteiger partial charge in [-0.05, 0) is 37.3 Å². The quantitative estimate of drug-likeness (QED) is 0.799. The predicted molar refractivity (Wildman–Crippen MR) is 76.1 cm³/mol. The first kappa shape index (κ1) is 13.8. The van der Waals surface area contributed by atoms with E-state index in [9.17, 15) is 4.79 Å². The van der Waals surface area contributed by atoms with Crippen molar-refractivity contribution in [2.24, 2.45) is 0 Å². The molecular formula is C16H21NO2. The molecule has 0 aromatic heterocycles. The van der Waals surface area contributed by atoms with Gasteiger partial charge in [-0.3, -0.25) is 4.79 Å². The van der Waals surface area contributed by atoms with E-state index in [0.717, 1.165) is 24.9 Å². The van der Waals surface area contributed by atoms with E-state index in [4.69, 9.17) is 5.11 Å². The second-order valence-corrected chi connectivity index (χ2v) is 5.16. The van der Waals surface area contributed by atoms with E-state index in [2.05, 4.69) is 17.5 Å². The number of benzene rings is 1. The molecule has 3 nitrogen and oxygen atoms in total. The summed E-state index contributed by atoms with van der Waals surface area (Å²) in [7, 11) is 0. The van der Waals surface area contributed by atoms with Crippen LogP contribution in [0.25, 0.3) is 0 Å². The molecule has 0 amide bonds.